The zero-order valence-corrected chi connectivity index (χ0v) is 13.0. The molecule has 3 rings (SSSR count). The van der Waals surface area contributed by atoms with Crippen molar-refractivity contribution >= 4 is 11.6 Å². The van der Waals surface area contributed by atoms with Gasteiger partial charge < -0.3 is 9.88 Å². The van der Waals surface area contributed by atoms with Crippen LogP contribution in [0.3, 0.4) is 0 Å². The number of nitrogens with one attached hydrogen (secondary N) is 1. The van der Waals surface area contributed by atoms with E-state index in [4.69, 9.17) is 0 Å². The number of carbonyl (C=O) groups is 1. The molecule has 0 aliphatic carbocycles. The van der Waals surface area contributed by atoms with E-state index in [9.17, 15) is 13.6 Å². The van der Waals surface area contributed by atoms with Crippen LogP contribution in [0.4, 0.5) is 14.5 Å². The van der Waals surface area contributed by atoms with Crippen LogP contribution in [-0.4, -0.2) is 15.5 Å². The van der Waals surface area contributed by atoms with Crippen LogP contribution in [0.25, 0.3) is 11.4 Å². The summed E-state index contributed by atoms with van der Waals surface area (Å²) in [5.74, 6) is -0.677. The van der Waals surface area contributed by atoms with E-state index >= 15 is 0 Å². The molecule has 0 saturated carbocycles. The van der Waals surface area contributed by atoms with E-state index in [2.05, 4.69) is 10.3 Å². The van der Waals surface area contributed by atoms with Gasteiger partial charge in [-0.2, -0.15) is 0 Å². The summed E-state index contributed by atoms with van der Waals surface area (Å²) in [4.78, 5) is 15.4. The Morgan fingerprint density at radius 2 is 1.79 bits per heavy atom. The number of rotatable bonds is 4. The van der Waals surface area contributed by atoms with Gasteiger partial charge in [0, 0.05) is 43.2 Å². The van der Waals surface area contributed by atoms with Gasteiger partial charge in [0.25, 0.3) is 0 Å². The van der Waals surface area contributed by atoms with Crippen LogP contribution in [0.1, 0.15) is 12.5 Å². The molecule has 0 unspecified atom stereocenters. The molecular formula is C18H15F2N3O. The number of anilines is 1. The van der Waals surface area contributed by atoms with Crippen molar-refractivity contribution in [3.63, 3.8) is 0 Å². The molecule has 4 nitrogen and oxygen atoms in total. The molecule has 3 aromatic rings. The molecule has 6 heteroatoms. The SMILES string of the molecule is CC(=O)Nc1ccc(-c2nccn2Cc2cc(F)cc(F)c2)cc1. The lowest BCUT2D eigenvalue weighted by Gasteiger charge is -2.09. The number of hydrogen-bond acceptors (Lipinski definition) is 2. The highest BCUT2D eigenvalue weighted by Crippen LogP contribution is 2.21. The molecule has 1 amide bonds. The van der Waals surface area contributed by atoms with E-state index in [0.29, 0.717) is 23.6 Å². The van der Waals surface area contributed by atoms with Crippen molar-refractivity contribution in [1.82, 2.24) is 9.55 Å². The smallest absolute Gasteiger partial charge is 0.221 e. The number of nitrogens with zero attached hydrogens (tertiary/aromatic N) is 2. The molecule has 0 atom stereocenters. The van der Waals surface area contributed by atoms with Gasteiger partial charge in [0.1, 0.15) is 17.5 Å². The Balaban J connectivity index is 1.86. The number of benzene rings is 2. The normalized spacial score (nSPS) is 10.6. The molecule has 0 saturated heterocycles. The monoisotopic (exact) mass is 327 g/mol. The van der Waals surface area contributed by atoms with Crippen molar-refractivity contribution in [2.45, 2.75) is 13.5 Å². The predicted octanol–water partition coefficient (Wildman–Crippen LogP) is 3.84. The third-order valence-electron chi connectivity index (χ3n) is 3.45. The van der Waals surface area contributed by atoms with Crippen LogP contribution >= 0.6 is 0 Å². The maximum absolute atomic E-state index is 13.3. The molecule has 0 spiro atoms. The second kappa shape index (κ2) is 6.62. The lowest BCUT2D eigenvalue weighted by Crippen LogP contribution is -2.05. The highest BCUT2D eigenvalue weighted by atomic mass is 19.1. The van der Waals surface area contributed by atoms with Gasteiger partial charge in [-0.15, -0.1) is 0 Å². The fraction of sp³-hybridized carbons (Fsp3) is 0.111. The lowest BCUT2D eigenvalue weighted by atomic mass is 10.1. The highest BCUT2D eigenvalue weighted by molar-refractivity contribution is 5.88. The van der Waals surface area contributed by atoms with Crippen molar-refractivity contribution in [2.24, 2.45) is 0 Å². The lowest BCUT2D eigenvalue weighted by molar-refractivity contribution is -0.114. The maximum atomic E-state index is 13.3. The number of halogens is 2. The first kappa shape index (κ1) is 15.9. The average Bonchev–Trinajstić information content (AvgIpc) is 2.94. The van der Waals surface area contributed by atoms with Crippen molar-refractivity contribution in [3.8, 4) is 11.4 Å². The first-order chi connectivity index (χ1) is 11.5. The first-order valence-electron chi connectivity index (χ1n) is 7.35. The molecule has 122 valence electrons. The molecule has 1 heterocycles. The van der Waals surface area contributed by atoms with Crippen LogP contribution < -0.4 is 5.32 Å². The maximum Gasteiger partial charge on any atom is 0.221 e. The Labute approximate surface area is 137 Å². The van der Waals surface area contributed by atoms with Crippen molar-refractivity contribution in [1.29, 1.82) is 0 Å². The Kier molecular flexibility index (Phi) is 4.37. The minimum absolute atomic E-state index is 0.141. The third kappa shape index (κ3) is 3.65. The summed E-state index contributed by atoms with van der Waals surface area (Å²) >= 11 is 0. The van der Waals surface area contributed by atoms with Crippen molar-refractivity contribution < 1.29 is 13.6 Å². The molecule has 0 aliphatic heterocycles. The van der Waals surface area contributed by atoms with Gasteiger partial charge in [-0.25, -0.2) is 13.8 Å². The topological polar surface area (TPSA) is 46.9 Å². The molecule has 1 aromatic heterocycles. The predicted molar refractivity (Wildman–Crippen MR) is 87.4 cm³/mol. The number of carbonyl (C=O) groups excluding carboxylic acids is 1. The second-order valence-electron chi connectivity index (χ2n) is 5.41. The summed E-state index contributed by atoms with van der Waals surface area (Å²) in [6.45, 7) is 1.75. The summed E-state index contributed by atoms with van der Waals surface area (Å²) < 4.78 is 28.5. The van der Waals surface area contributed by atoms with E-state index in [1.54, 1.807) is 24.5 Å². The molecule has 2 aromatic carbocycles. The number of hydrogen-bond donors (Lipinski definition) is 1. The van der Waals surface area contributed by atoms with E-state index in [1.807, 2.05) is 16.7 Å². The quantitative estimate of drug-likeness (QED) is 0.791. The van der Waals surface area contributed by atoms with E-state index in [1.165, 1.54) is 19.1 Å². The molecule has 0 fully saturated rings. The van der Waals surface area contributed by atoms with Crippen LogP contribution in [0.2, 0.25) is 0 Å². The largest absolute Gasteiger partial charge is 0.327 e. The van der Waals surface area contributed by atoms with Gasteiger partial charge in [0.15, 0.2) is 0 Å². The van der Waals surface area contributed by atoms with Gasteiger partial charge in [-0.1, -0.05) is 0 Å². The summed E-state index contributed by atoms with van der Waals surface area (Å²) in [5, 5.41) is 2.69. The molecule has 0 bridgehead atoms. The van der Waals surface area contributed by atoms with Crippen LogP contribution in [0, 0.1) is 11.6 Å². The Hall–Kier alpha value is -3.02. The Morgan fingerprint density at radius 1 is 1.12 bits per heavy atom. The molecule has 24 heavy (non-hydrogen) atoms. The summed E-state index contributed by atoms with van der Waals surface area (Å²) in [6.07, 6.45) is 3.38. The van der Waals surface area contributed by atoms with Gasteiger partial charge in [0.05, 0.1) is 0 Å². The highest BCUT2D eigenvalue weighted by Gasteiger charge is 2.08. The molecular weight excluding hydrogens is 312 g/mol. The van der Waals surface area contributed by atoms with Crippen molar-refractivity contribution in [2.75, 3.05) is 5.32 Å². The van der Waals surface area contributed by atoms with Gasteiger partial charge in [0.2, 0.25) is 5.91 Å². The Morgan fingerprint density at radius 3 is 2.42 bits per heavy atom. The summed E-state index contributed by atoms with van der Waals surface area (Å²) in [7, 11) is 0. The Bertz CT molecular complexity index is 852. The van der Waals surface area contributed by atoms with Gasteiger partial charge >= 0.3 is 0 Å². The second-order valence-corrected chi connectivity index (χ2v) is 5.41. The van der Waals surface area contributed by atoms with Crippen LogP contribution in [-0.2, 0) is 11.3 Å². The zero-order chi connectivity index (χ0) is 17.1. The summed E-state index contributed by atoms with van der Waals surface area (Å²) in [6, 6.07) is 10.7. The molecule has 0 radical (unpaired) electrons. The van der Waals surface area contributed by atoms with Gasteiger partial charge in [-0.05, 0) is 42.0 Å². The van der Waals surface area contributed by atoms with Crippen molar-refractivity contribution in [3.05, 3.63) is 72.1 Å². The minimum atomic E-state index is -0.605. The third-order valence-corrected chi connectivity index (χ3v) is 3.45. The van der Waals surface area contributed by atoms with Crippen LogP contribution in [0.5, 0.6) is 0 Å². The zero-order valence-electron chi connectivity index (χ0n) is 13.0. The van der Waals surface area contributed by atoms with E-state index in [0.717, 1.165) is 11.6 Å². The standard InChI is InChI=1S/C18H15F2N3O/c1-12(24)22-17-4-2-14(3-5-17)18-21-6-7-23(18)11-13-8-15(19)10-16(20)9-13/h2-10H,11H2,1H3,(H,22,24). The fourth-order valence-corrected chi connectivity index (χ4v) is 2.50. The first-order valence-corrected chi connectivity index (χ1v) is 7.35. The number of imidazole rings is 1. The number of aromatic nitrogens is 2. The van der Waals surface area contributed by atoms with Gasteiger partial charge in [-0.3, -0.25) is 4.79 Å². The molecule has 1 N–H and O–H groups in total. The number of amides is 1. The average molecular weight is 327 g/mol. The van der Waals surface area contributed by atoms with E-state index < -0.39 is 11.6 Å². The molecule has 0 aliphatic rings. The van der Waals surface area contributed by atoms with Crippen LogP contribution in [0.15, 0.2) is 54.9 Å². The summed E-state index contributed by atoms with van der Waals surface area (Å²) in [5.41, 5.74) is 2.05. The van der Waals surface area contributed by atoms with E-state index in [-0.39, 0.29) is 5.91 Å². The fourth-order valence-electron chi connectivity index (χ4n) is 2.50. The minimum Gasteiger partial charge on any atom is -0.327 e.